The molecule has 1 fully saturated rings. The van der Waals surface area contributed by atoms with E-state index >= 15 is 0 Å². The first-order valence-corrected chi connectivity index (χ1v) is 9.73. The highest BCUT2D eigenvalue weighted by molar-refractivity contribution is 6.02. The zero-order valence-electron chi connectivity index (χ0n) is 16.5. The maximum absolute atomic E-state index is 13.0. The number of halogens is 3. The smallest absolute Gasteiger partial charge is 0.455 e. The molecular weight excluding hydrogens is 397 g/mol. The van der Waals surface area contributed by atoms with Gasteiger partial charge in [-0.1, -0.05) is 18.2 Å². The Bertz CT molecular complexity index is 1020. The molecule has 0 saturated carbocycles. The quantitative estimate of drug-likeness (QED) is 0.719. The van der Waals surface area contributed by atoms with Crippen molar-refractivity contribution in [1.82, 2.24) is 5.32 Å². The fourth-order valence-electron chi connectivity index (χ4n) is 4.36. The van der Waals surface area contributed by atoms with Gasteiger partial charge in [-0.15, -0.1) is 0 Å². The van der Waals surface area contributed by atoms with Crippen LogP contribution in [0.4, 0.5) is 18.9 Å². The van der Waals surface area contributed by atoms with Crippen LogP contribution in [0.25, 0.3) is 0 Å². The Morgan fingerprint density at radius 3 is 2.60 bits per heavy atom. The molecule has 2 aromatic rings. The second-order valence-corrected chi connectivity index (χ2v) is 7.71. The number of nitrogens with zero attached hydrogens (tertiary/aromatic N) is 1. The van der Waals surface area contributed by atoms with Crippen LogP contribution in [0.15, 0.2) is 36.4 Å². The lowest BCUT2D eigenvalue weighted by Gasteiger charge is -2.43. The first kappa shape index (κ1) is 20.3. The molecule has 1 amide bonds. The summed E-state index contributed by atoms with van der Waals surface area (Å²) in [5.74, 6) is -1.14. The maximum Gasteiger partial charge on any atom is 0.471 e. The van der Waals surface area contributed by atoms with E-state index in [4.69, 9.17) is 4.74 Å². The lowest BCUT2D eigenvalue weighted by atomic mass is 9.88. The zero-order chi connectivity index (χ0) is 21.6. The highest BCUT2D eigenvalue weighted by Gasteiger charge is 2.45. The van der Waals surface area contributed by atoms with E-state index in [1.54, 1.807) is 30.3 Å². The molecule has 2 aliphatic rings. The van der Waals surface area contributed by atoms with Crippen molar-refractivity contribution < 1.29 is 27.5 Å². The van der Waals surface area contributed by atoms with Crippen molar-refractivity contribution in [3.05, 3.63) is 53.1 Å². The summed E-state index contributed by atoms with van der Waals surface area (Å²) in [4.78, 5) is 26.1. The third-order valence-corrected chi connectivity index (χ3v) is 5.55. The fourth-order valence-corrected chi connectivity index (χ4v) is 4.36. The minimum atomic E-state index is -4.97. The van der Waals surface area contributed by atoms with Crippen LogP contribution in [0.5, 0.6) is 11.5 Å². The van der Waals surface area contributed by atoms with Gasteiger partial charge in [-0.05, 0) is 50.5 Å². The Kier molecular flexibility index (Phi) is 4.95. The monoisotopic (exact) mass is 418 g/mol. The van der Waals surface area contributed by atoms with Gasteiger partial charge in [0.1, 0.15) is 5.75 Å². The van der Waals surface area contributed by atoms with Gasteiger partial charge in [-0.3, -0.25) is 9.59 Å². The van der Waals surface area contributed by atoms with Crippen molar-refractivity contribution in [3.8, 4) is 11.5 Å². The van der Waals surface area contributed by atoms with Crippen LogP contribution in [0.3, 0.4) is 0 Å². The van der Waals surface area contributed by atoms with Crippen molar-refractivity contribution in [1.29, 1.82) is 0 Å². The van der Waals surface area contributed by atoms with Gasteiger partial charge in [0.05, 0.1) is 17.8 Å². The molecule has 0 unspecified atom stereocenters. The number of ether oxygens (including phenoxy) is 1. The van der Waals surface area contributed by atoms with Gasteiger partial charge in [0.15, 0.2) is 11.5 Å². The molecule has 0 aromatic heterocycles. The molecule has 1 saturated heterocycles. The number of alkyl halides is 3. The van der Waals surface area contributed by atoms with Crippen LogP contribution in [0.2, 0.25) is 0 Å². The van der Waals surface area contributed by atoms with Crippen molar-refractivity contribution >= 4 is 17.4 Å². The number of ketones is 1. The lowest BCUT2D eigenvalue weighted by molar-refractivity contribution is -0.174. The molecular formula is C22H21F3N2O3. The molecule has 30 heavy (non-hydrogen) atoms. The van der Waals surface area contributed by atoms with Crippen molar-refractivity contribution in [2.24, 2.45) is 0 Å². The van der Waals surface area contributed by atoms with Crippen LogP contribution < -0.4 is 15.0 Å². The normalized spacial score (nSPS) is 20.2. The van der Waals surface area contributed by atoms with Gasteiger partial charge in [0.25, 0.3) is 0 Å². The summed E-state index contributed by atoms with van der Waals surface area (Å²) >= 11 is 0. The lowest BCUT2D eigenvalue weighted by Crippen LogP contribution is -2.53. The van der Waals surface area contributed by atoms with E-state index in [0.29, 0.717) is 47.7 Å². The van der Waals surface area contributed by atoms with E-state index in [1.807, 2.05) is 17.9 Å². The number of amides is 1. The van der Waals surface area contributed by atoms with Crippen LogP contribution in [0, 0.1) is 6.92 Å². The maximum atomic E-state index is 13.0. The van der Waals surface area contributed by atoms with Gasteiger partial charge in [0.2, 0.25) is 0 Å². The minimum Gasteiger partial charge on any atom is -0.455 e. The molecule has 0 spiro atoms. The Morgan fingerprint density at radius 2 is 1.90 bits per heavy atom. The first-order chi connectivity index (χ1) is 14.2. The van der Waals surface area contributed by atoms with Gasteiger partial charge >= 0.3 is 12.1 Å². The third kappa shape index (κ3) is 3.51. The van der Waals surface area contributed by atoms with E-state index in [1.165, 1.54) is 6.92 Å². The number of rotatable bonds is 2. The summed E-state index contributed by atoms with van der Waals surface area (Å²) in [5, 5.41) is 2.17. The van der Waals surface area contributed by atoms with Gasteiger partial charge in [-0.2, -0.15) is 13.2 Å². The van der Waals surface area contributed by atoms with Crippen molar-refractivity contribution in [3.63, 3.8) is 0 Å². The topological polar surface area (TPSA) is 58.6 Å². The van der Waals surface area contributed by atoms with E-state index in [0.717, 1.165) is 5.56 Å². The van der Waals surface area contributed by atoms with Crippen LogP contribution in [0.1, 0.15) is 47.3 Å². The Morgan fingerprint density at radius 1 is 1.17 bits per heavy atom. The molecule has 4 rings (SSSR count). The summed E-state index contributed by atoms with van der Waals surface area (Å²) < 4.78 is 45.0. The largest absolute Gasteiger partial charge is 0.471 e. The molecule has 158 valence electrons. The molecule has 1 N–H and O–H groups in total. The number of piperidine rings is 1. The number of hydrogen-bond acceptors (Lipinski definition) is 4. The summed E-state index contributed by atoms with van der Waals surface area (Å²) in [6.07, 6.45) is -4.03. The van der Waals surface area contributed by atoms with E-state index in [-0.39, 0.29) is 5.78 Å². The highest BCUT2D eigenvalue weighted by atomic mass is 19.4. The van der Waals surface area contributed by atoms with Gasteiger partial charge in [0, 0.05) is 17.7 Å². The molecule has 0 aliphatic carbocycles. The van der Waals surface area contributed by atoms with E-state index < -0.39 is 24.2 Å². The summed E-state index contributed by atoms with van der Waals surface area (Å²) in [6.45, 7) is 3.83. The van der Waals surface area contributed by atoms with Crippen molar-refractivity contribution in [2.45, 2.75) is 44.9 Å². The summed E-state index contributed by atoms with van der Waals surface area (Å²) in [5.41, 5.74) is 2.52. The Labute approximate surface area is 171 Å². The van der Waals surface area contributed by atoms with Gasteiger partial charge < -0.3 is 15.0 Å². The molecule has 0 radical (unpaired) electrons. The second-order valence-electron chi connectivity index (χ2n) is 7.71. The van der Waals surface area contributed by atoms with E-state index in [2.05, 4.69) is 5.32 Å². The standard InChI is InChI=1S/C22H21F3N2O3/c1-12-10-15(13(2)28)20-18(11-12)30-17-8-4-3-6-14(17)19-16(7-5-9-27(19)20)26-21(29)22(23,24)25/h3-4,6,8,10-11,16,19H,5,7,9H2,1-2H3,(H,26,29)/t16-,19+/m0/s1. The molecule has 8 heteroatoms. The molecule has 2 aromatic carbocycles. The first-order valence-electron chi connectivity index (χ1n) is 9.73. The number of aryl methyl sites for hydroxylation is 1. The van der Waals surface area contributed by atoms with Crippen LogP contribution >= 0.6 is 0 Å². The second kappa shape index (κ2) is 7.34. The number of benzene rings is 2. The zero-order valence-corrected chi connectivity index (χ0v) is 16.5. The SMILES string of the molecule is CC(=O)c1cc(C)cc2c1N1CCC[C@H](NC(=O)C(F)(F)F)[C@H]1c1ccccc1O2. The number of carbonyl (C=O) groups excluding carboxylic acids is 2. The molecule has 0 bridgehead atoms. The third-order valence-electron chi connectivity index (χ3n) is 5.55. The molecule has 2 aliphatic heterocycles. The van der Waals surface area contributed by atoms with E-state index in [9.17, 15) is 22.8 Å². The minimum absolute atomic E-state index is 0.162. The Balaban J connectivity index is 1.89. The number of hydrogen-bond donors (Lipinski definition) is 1. The fraction of sp³-hybridized carbons (Fsp3) is 0.364. The average Bonchev–Trinajstić information content (AvgIpc) is 2.81. The Hall–Kier alpha value is -3.03. The van der Waals surface area contributed by atoms with Crippen LogP contribution in [-0.2, 0) is 4.79 Å². The predicted molar refractivity (Wildman–Crippen MR) is 105 cm³/mol. The number of nitrogens with one attached hydrogen (secondary N) is 1. The average molecular weight is 418 g/mol. The predicted octanol–water partition coefficient (Wildman–Crippen LogP) is 4.69. The summed E-state index contributed by atoms with van der Waals surface area (Å²) in [7, 11) is 0. The highest BCUT2D eigenvalue weighted by Crippen LogP contribution is 2.49. The van der Waals surface area contributed by atoms with Crippen molar-refractivity contribution in [2.75, 3.05) is 11.4 Å². The van der Waals surface area contributed by atoms with Crippen LogP contribution in [-0.4, -0.2) is 30.5 Å². The van der Waals surface area contributed by atoms with Gasteiger partial charge in [-0.25, -0.2) is 0 Å². The molecule has 2 heterocycles. The number of para-hydroxylation sites is 1. The number of anilines is 1. The molecule has 5 nitrogen and oxygen atoms in total. The number of Topliss-reactive ketones (excluding diaryl/α,β-unsaturated/α-hetero) is 1. The summed E-state index contributed by atoms with van der Waals surface area (Å²) in [6, 6.07) is 9.29. The number of carbonyl (C=O) groups is 2. The molecule has 2 atom stereocenters. The number of fused-ring (bicyclic) bond motifs is 5.